The van der Waals surface area contributed by atoms with Gasteiger partial charge in [-0.1, -0.05) is 103 Å². The summed E-state index contributed by atoms with van der Waals surface area (Å²) in [4.78, 5) is 0. The van der Waals surface area contributed by atoms with Crippen molar-refractivity contribution in [2.45, 2.75) is 237 Å². The van der Waals surface area contributed by atoms with Crippen LogP contribution in [0.2, 0.25) is 0 Å². The molecule has 0 spiro atoms. The molecular weight excluding hydrogens is 1740 g/mol. The van der Waals surface area contributed by atoms with Crippen LogP contribution in [0.5, 0.6) is 0 Å². The predicted octanol–water partition coefficient (Wildman–Crippen LogP) is 22.3. The van der Waals surface area contributed by atoms with Crippen molar-refractivity contribution in [2.75, 3.05) is 37.0 Å². The Morgan fingerprint density at radius 3 is 0.864 bits per heavy atom. The van der Waals surface area contributed by atoms with E-state index in [0.29, 0.717) is 36.1 Å². The van der Waals surface area contributed by atoms with Gasteiger partial charge >= 0.3 is 0 Å². The van der Waals surface area contributed by atoms with Crippen molar-refractivity contribution in [3.05, 3.63) is 163 Å². The van der Waals surface area contributed by atoms with Crippen LogP contribution >= 0.6 is 47.5 Å². The van der Waals surface area contributed by atoms with Gasteiger partial charge in [0.25, 0.3) is 0 Å². The third-order valence-electron chi connectivity index (χ3n) is 15.7. The molecule has 6 aromatic carbocycles. The molecule has 5 atom stereocenters. The van der Waals surface area contributed by atoms with Crippen LogP contribution in [0, 0.1) is 13.8 Å². The average molecular weight is 1870 g/mol. The molecule has 5 unspecified atom stereocenters. The zero-order chi connectivity index (χ0) is 63.1. The summed E-state index contributed by atoms with van der Waals surface area (Å²) in [5.41, 5.74) is 2.86. The number of fused-ring (bicyclic) bond motifs is 1. The molecule has 0 fully saturated rings. The molecule has 0 aromatic heterocycles. The van der Waals surface area contributed by atoms with E-state index >= 15 is 0 Å². The van der Waals surface area contributed by atoms with Crippen LogP contribution < -0.4 is 26.5 Å². The van der Waals surface area contributed by atoms with Crippen LogP contribution in [-0.2, 0) is 123 Å². The fourth-order valence-electron chi connectivity index (χ4n) is 12.4. The second-order valence-electron chi connectivity index (χ2n) is 29.7. The Morgan fingerprint density at radius 2 is 0.545 bits per heavy atom. The minimum Gasteiger partial charge on any atom is -0.0620 e. The quantitative estimate of drug-likeness (QED) is 0.0896. The molecule has 0 saturated carbocycles. The summed E-state index contributed by atoms with van der Waals surface area (Å²) in [6.45, 7) is 68.2. The molecule has 0 saturated heterocycles. The van der Waals surface area contributed by atoms with Crippen molar-refractivity contribution in [2.24, 2.45) is 0 Å². The Kier molecular flexibility index (Phi) is 55.2. The molecule has 0 aliphatic carbocycles. The number of benzene rings is 6. The first-order chi connectivity index (χ1) is 37.7. The predicted molar refractivity (Wildman–Crippen MR) is 409 cm³/mol. The van der Waals surface area contributed by atoms with Crippen molar-refractivity contribution < 1.29 is 123 Å². The Bertz CT molecular complexity index is 2590. The van der Waals surface area contributed by atoms with Crippen LogP contribution in [0.15, 0.2) is 152 Å². The van der Waals surface area contributed by atoms with Gasteiger partial charge in [-0.05, 0) is 266 Å². The summed E-state index contributed by atoms with van der Waals surface area (Å²) in [5, 5.41) is 14.2. The van der Waals surface area contributed by atoms with E-state index in [-0.39, 0.29) is 146 Å². The van der Waals surface area contributed by atoms with E-state index in [2.05, 4.69) is 352 Å². The van der Waals surface area contributed by atoms with E-state index in [9.17, 15) is 0 Å². The Balaban J connectivity index is -0.000000227. The number of aryl methyl sites for hydroxylation is 2. The number of hydrogen-bond acceptors (Lipinski definition) is 0. The molecule has 0 bridgehead atoms. The molecule has 0 nitrogen and oxygen atoms in total. The Morgan fingerprint density at radius 1 is 0.261 bits per heavy atom. The standard InChI is InChI=1S/C16H21P.2C13H21P.2C12H19P.C10H23P.6Pd/c1-5-17(16(2,3)4)15-12-8-10-13-9-6-7-11-14(13)15;1-6-14(13(3,4)5)12-9-7-8-11(2)10-12;1-6-14(13(3,4)5)12-10-8-7-9-11(12)2;2*1-5-13(12(2,3)4)11-9-7-6-8-10-11;1-8-11(9(2,3)4)10(5,6)7;;;;;;/h6-12H,5H2,1-4H3;2*7-10H,6H2,1-5H3;2*6-10H,5H2,1-4H3;8H2,1-7H3;;;;;;/p+6. The van der Waals surface area contributed by atoms with E-state index in [1.165, 1.54) is 58.9 Å². The fourth-order valence-corrected chi connectivity index (χ4v) is 31.9. The van der Waals surface area contributed by atoms with E-state index < -0.39 is 23.8 Å². The molecule has 6 rings (SSSR count). The van der Waals surface area contributed by atoms with E-state index in [4.69, 9.17) is 0 Å². The maximum Gasteiger partial charge on any atom is 0.0997 e. The molecule has 0 radical (unpaired) electrons. The first kappa shape index (κ1) is 101. The van der Waals surface area contributed by atoms with Gasteiger partial charge in [0.1, 0.15) is 0 Å². The molecule has 0 amide bonds. The monoisotopic (exact) mass is 1860 g/mol. The molecule has 6 aromatic rings. The van der Waals surface area contributed by atoms with Gasteiger partial charge in [-0.3, -0.25) is 0 Å². The van der Waals surface area contributed by atoms with Crippen molar-refractivity contribution >= 4 is 84.8 Å². The van der Waals surface area contributed by atoms with Gasteiger partial charge in [0.15, 0.2) is 0 Å². The Hall–Kier alpha value is 2.13. The second-order valence-corrected chi connectivity index (χ2v) is 53.0. The minimum absolute atomic E-state index is 0. The van der Waals surface area contributed by atoms with Crippen LogP contribution in [-0.4, -0.2) is 73.1 Å². The van der Waals surface area contributed by atoms with Crippen LogP contribution in [0.25, 0.3) is 10.8 Å². The molecule has 0 heterocycles. The van der Waals surface area contributed by atoms with Crippen LogP contribution in [0.1, 0.15) is 198 Å². The summed E-state index contributed by atoms with van der Waals surface area (Å²) in [5.74, 6) is 0. The average Bonchev–Trinajstić information content (AvgIpc) is 3.35. The van der Waals surface area contributed by atoms with Gasteiger partial charge in [0, 0.05) is 175 Å². The maximum absolute atomic E-state index is 2.38. The smallest absolute Gasteiger partial charge is 0.0620 e. The van der Waals surface area contributed by atoms with Gasteiger partial charge in [-0.15, -0.1) is 0 Å². The summed E-state index contributed by atoms with van der Waals surface area (Å²) in [7, 11) is -2.28. The van der Waals surface area contributed by atoms with Crippen molar-refractivity contribution in [3.63, 3.8) is 0 Å². The van der Waals surface area contributed by atoms with Crippen LogP contribution in [0.3, 0.4) is 0 Å². The zero-order valence-corrected chi connectivity index (χ0v) is 75.9. The van der Waals surface area contributed by atoms with Gasteiger partial charge in [-0.2, -0.15) is 0 Å². The first-order valence-corrected chi connectivity index (χ1v) is 41.9. The van der Waals surface area contributed by atoms with Gasteiger partial charge in [0.2, 0.25) is 0 Å². The molecule has 0 N–H and O–H groups in total. The maximum atomic E-state index is 2.38. The van der Waals surface area contributed by atoms with Crippen molar-refractivity contribution in [3.8, 4) is 0 Å². The van der Waals surface area contributed by atoms with Gasteiger partial charge in [0.05, 0.1) is 99.6 Å². The third kappa shape index (κ3) is 37.2. The van der Waals surface area contributed by atoms with Crippen LogP contribution in [0.4, 0.5) is 0 Å². The molecular formula is C76H130P6Pd6+6. The molecule has 0 aliphatic rings. The number of rotatable bonds is 11. The molecule has 518 valence electrons. The Labute approximate surface area is 636 Å². The van der Waals surface area contributed by atoms with E-state index in [0.717, 1.165) is 0 Å². The normalized spacial score (nSPS) is 13.1. The van der Waals surface area contributed by atoms with Gasteiger partial charge in [-0.25, -0.2) is 0 Å². The third-order valence-corrected chi connectivity index (χ3v) is 37.9. The fraction of sp³-hybridized carbons (Fsp3) is 0.553. The summed E-state index contributed by atoms with van der Waals surface area (Å²) in [6.07, 6.45) is 7.95. The van der Waals surface area contributed by atoms with Crippen molar-refractivity contribution in [1.29, 1.82) is 0 Å². The van der Waals surface area contributed by atoms with E-state index in [1.54, 1.807) is 26.5 Å². The summed E-state index contributed by atoms with van der Waals surface area (Å²) in [6, 6.07) is 55.4. The zero-order valence-electron chi connectivity index (χ0n) is 60.6. The summed E-state index contributed by atoms with van der Waals surface area (Å²) >= 11 is 0. The SMILES string of the molecule is CC[PH+](C(C)(C)C)C(C)(C)C.CC[PH+](c1cccc(C)c1)C(C)(C)C.CC[PH+](c1cccc2ccccc12)C(C)(C)C.CC[PH+](c1ccccc1)C(C)(C)C.CC[PH+](c1ccccc1)C(C)(C)C.CC[PH+](c1ccccc1C)C(C)(C)C.[Pd].[Pd].[Pd].[Pd].[Pd].[Pd]. The second kappa shape index (κ2) is 48.0. The van der Waals surface area contributed by atoms with Crippen molar-refractivity contribution in [1.82, 2.24) is 0 Å². The minimum atomic E-state index is -0.502. The topological polar surface area (TPSA) is 0 Å². The summed E-state index contributed by atoms with van der Waals surface area (Å²) < 4.78 is 0. The molecule has 88 heavy (non-hydrogen) atoms. The van der Waals surface area contributed by atoms with Gasteiger partial charge < -0.3 is 0 Å². The number of hydrogen-bond donors (Lipinski definition) is 0. The first-order valence-electron chi connectivity index (χ1n) is 31.7. The largest absolute Gasteiger partial charge is 0.0997 e. The van der Waals surface area contributed by atoms with E-state index in [1.807, 2.05) is 0 Å². The molecule has 12 heteroatoms. The molecule has 0 aliphatic heterocycles.